The average molecular weight is 386 g/mol. The maximum atomic E-state index is 12.8. The Morgan fingerprint density at radius 3 is 2.69 bits per heavy atom. The van der Waals surface area contributed by atoms with Gasteiger partial charge in [-0.3, -0.25) is 15.1 Å². The summed E-state index contributed by atoms with van der Waals surface area (Å²) in [6, 6.07) is 16.1. The summed E-state index contributed by atoms with van der Waals surface area (Å²) in [7, 11) is 0. The molecule has 2 heterocycles. The van der Waals surface area contributed by atoms with Crippen LogP contribution in [0.4, 0.5) is 11.4 Å². The lowest BCUT2D eigenvalue weighted by Gasteiger charge is -2.23. The van der Waals surface area contributed by atoms with Crippen molar-refractivity contribution in [1.29, 1.82) is 0 Å². The molecule has 1 aliphatic rings. The number of anilines is 2. The van der Waals surface area contributed by atoms with E-state index < -0.39 is 0 Å². The minimum Gasteiger partial charge on any atom is -0.334 e. The Hall–Kier alpha value is -3.18. The smallest absolute Gasteiger partial charge is 0.257 e. The third-order valence-electron chi connectivity index (χ3n) is 5.03. The van der Waals surface area contributed by atoms with Crippen LogP contribution < -0.4 is 15.5 Å². The minimum absolute atomic E-state index is 0.0858. The number of carbonyl (C=O) groups is 1. The van der Waals surface area contributed by atoms with E-state index in [0.29, 0.717) is 18.2 Å². The molecule has 0 spiro atoms. The molecule has 0 radical (unpaired) electrons. The third kappa shape index (κ3) is 4.00. The molecule has 2 N–H and O–H groups in total. The number of carbonyl (C=O) groups excluding carboxylic acids is 1. The highest BCUT2D eigenvalue weighted by atomic mass is 16.2. The number of pyridine rings is 1. The van der Waals surface area contributed by atoms with E-state index in [-0.39, 0.29) is 5.91 Å². The van der Waals surface area contributed by atoms with Crippen LogP contribution in [0.3, 0.4) is 0 Å². The second-order valence-corrected chi connectivity index (χ2v) is 7.87. The van der Waals surface area contributed by atoms with E-state index in [1.165, 1.54) is 5.56 Å². The summed E-state index contributed by atoms with van der Waals surface area (Å²) in [4.78, 5) is 19.4. The number of nitrogens with zero attached hydrogens (tertiary/aromatic N) is 2. The van der Waals surface area contributed by atoms with Crippen LogP contribution in [-0.2, 0) is 4.79 Å². The molecule has 0 saturated heterocycles. The summed E-state index contributed by atoms with van der Waals surface area (Å²) in [6.07, 6.45) is 3.72. The number of aryl methyl sites for hydroxylation is 1. The monoisotopic (exact) mass is 386 g/mol. The van der Waals surface area contributed by atoms with E-state index in [1.807, 2.05) is 30.5 Å². The van der Waals surface area contributed by atoms with Gasteiger partial charge in [-0.05, 0) is 49.7 Å². The molecule has 148 valence electrons. The first-order chi connectivity index (χ1) is 14.0. The Labute approximate surface area is 171 Å². The van der Waals surface area contributed by atoms with Gasteiger partial charge in [-0.15, -0.1) is 0 Å². The molecule has 1 aromatic heterocycles. The molecule has 0 aliphatic carbocycles. The SMILES string of the molecule is Cc1ccc(N(C=C2C(=O)Nc3ccc4ncccc4c32)CNCC(C)C)cc1. The van der Waals surface area contributed by atoms with Gasteiger partial charge in [-0.1, -0.05) is 37.6 Å². The first-order valence-electron chi connectivity index (χ1n) is 9.98. The topological polar surface area (TPSA) is 57.3 Å². The van der Waals surface area contributed by atoms with Crippen LogP contribution in [0.15, 0.2) is 60.9 Å². The molecule has 5 heteroatoms. The summed E-state index contributed by atoms with van der Waals surface area (Å²) in [6.45, 7) is 7.96. The maximum Gasteiger partial charge on any atom is 0.257 e. The van der Waals surface area contributed by atoms with Gasteiger partial charge >= 0.3 is 0 Å². The van der Waals surface area contributed by atoms with Crippen LogP contribution in [0.5, 0.6) is 0 Å². The Morgan fingerprint density at radius 2 is 1.93 bits per heavy atom. The summed E-state index contributed by atoms with van der Waals surface area (Å²) in [5.74, 6) is 0.463. The van der Waals surface area contributed by atoms with Gasteiger partial charge in [0.15, 0.2) is 0 Å². The van der Waals surface area contributed by atoms with Crippen molar-refractivity contribution in [2.45, 2.75) is 20.8 Å². The van der Waals surface area contributed by atoms with Crippen molar-refractivity contribution < 1.29 is 4.79 Å². The summed E-state index contributed by atoms with van der Waals surface area (Å²) >= 11 is 0. The van der Waals surface area contributed by atoms with Gasteiger partial charge in [-0.2, -0.15) is 0 Å². The first-order valence-corrected chi connectivity index (χ1v) is 9.98. The van der Waals surface area contributed by atoms with E-state index in [1.54, 1.807) is 6.20 Å². The van der Waals surface area contributed by atoms with Crippen LogP contribution in [0, 0.1) is 12.8 Å². The molecule has 29 heavy (non-hydrogen) atoms. The molecule has 2 aromatic carbocycles. The highest BCUT2D eigenvalue weighted by Gasteiger charge is 2.27. The van der Waals surface area contributed by atoms with Gasteiger partial charge < -0.3 is 10.2 Å². The molecule has 3 aromatic rings. The van der Waals surface area contributed by atoms with E-state index in [0.717, 1.165) is 34.4 Å². The van der Waals surface area contributed by atoms with Crippen LogP contribution in [0.2, 0.25) is 0 Å². The molecule has 0 fully saturated rings. The van der Waals surface area contributed by atoms with Crippen molar-refractivity contribution in [2.75, 3.05) is 23.4 Å². The number of benzene rings is 2. The van der Waals surface area contributed by atoms with Crippen molar-refractivity contribution in [3.63, 3.8) is 0 Å². The predicted molar refractivity (Wildman–Crippen MR) is 120 cm³/mol. The number of hydrogen-bond donors (Lipinski definition) is 2. The van der Waals surface area contributed by atoms with E-state index >= 15 is 0 Å². The van der Waals surface area contributed by atoms with Crippen LogP contribution >= 0.6 is 0 Å². The lowest BCUT2D eigenvalue weighted by molar-refractivity contribution is -0.110. The molecule has 1 amide bonds. The van der Waals surface area contributed by atoms with Gasteiger partial charge in [0.25, 0.3) is 5.91 Å². The predicted octanol–water partition coefficient (Wildman–Crippen LogP) is 4.55. The van der Waals surface area contributed by atoms with Gasteiger partial charge in [0.1, 0.15) is 0 Å². The second kappa shape index (κ2) is 8.05. The molecule has 0 bridgehead atoms. The Balaban J connectivity index is 1.77. The van der Waals surface area contributed by atoms with Crippen molar-refractivity contribution in [3.05, 3.63) is 72.1 Å². The maximum absolute atomic E-state index is 12.8. The normalized spacial score (nSPS) is 14.5. The van der Waals surface area contributed by atoms with E-state index in [2.05, 4.69) is 65.6 Å². The fraction of sp³-hybridized carbons (Fsp3) is 0.250. The number of fused-ring (bicyclic) bond motifs is 3. The Morgan fingerprint density at radius 1 is 1.14 bits per heavy atom. The zero-order valence-corrected chi connectivity index (χ0v) is 17.1. The number of rotatable bonds is 6. The quantitative estimate of drug-likeness (QED) is 0.482. The average Bonchev–Trinajstić information content (AvgIpc) is 3.03. The Bertz CT molecular complexity index is 1070. The fourth-order valence-corrected chi connectivity index (χ4v) is 3.55. The van der Waals surface area contributed by atoms with Crippen molar-refractivity contribution >= 4 is 33.8 Å². The third-order valence-corrected chi connectivity index (χ3v) is 5.03. The van der Waals surface area contributed by atoms with Crippen LogP contribution in [0.25, 0.3) is 16.5 Å². The zero-order valence-electron chi connectivity index (χ0n) is 17.1. The van der Waals surface area contributed by atoms with Crippen LogP contribution in [-0.4, -0.2) is 24.1 Å². The van der Waals surface area contributed by atoms with Gasteiger partial charge in [0.2, 0.25) is 0 Å². The minimum atomic E-state index is -0.0858. The van der Waals surface area contributed by atoms with Crippen molar-refractivity contribution in [1.82, 2.24) is 10.3 Å². The molecule has 4 rings (SSSR count). The highest BCUT2D eigenvalue weighted by molar-refractivity contribution is 6.34. The number of hydrogen-bond acceptors (Lipinski definition) is 4. The largest absolute Gasteiger partial charge is 0.334 e. The Kier molecular flexibility index (Phi) is 5.32. The molecular weight excluding hydrogens is 360 g/mol. The number of amides is 1. The zero-order chi connectivity index (χ0) is 20.4. The number of nitrogens with one attached hydrogen (secondary N) is 2. The first kappa shape index (κ1) is 19.2. The lowest BCUT2D eigenvalue weighted by atomic mass is 10.0. The molecule has 5 nitrogen and oxygen atoms in total. The summed E-state index contributed by atoms with van der Waals surface area (Å²) < 4.78 is 0. The van der Waals surface area contributed by atoms with E-state index in [9.17, 15) is 4.79 Å². The lowest BCUT2D eigenvalue weighted by Crippen LogP contribution is -2.33. The van der Waals surface area contributed by atoms with Crippen molar-refractivity contribution in [3.8, 4) is 0 Å². The molecule has 0 atom stereocenters. The van der Waals surface area contributed by atoms with Crippen molar-refractivity contribution in [2.24, 2.45) is 5.92 Å². The molecule has 0 saturated carbocycles. The molecule has 1 aliphatic heterocycles. The highest BCUT2D eigenvalue weighted by Crippen LogP contribution is 2.37. The molecule has 0 unspecified atom stereocenters. The fourth-order valence-electron chi connectivity index (χ4n) is 3.55. The van der Waals surface area contributed by atoms with Gasteiger partial charge in [0, 0.05) is 34.7 Å². The molecular formula is C24H26N4O. The second-order valence-electron chi connectivity index (χ2n) is 7.87. The van der Waals surface area contributed by atoms with Gasteiger partial charge in [0.05, 0.1) is 17.8 Å². The summed E-state index contributed by atoms with van der Waals surface area (Å²) in [5, 5.41) is 7.46. The van der Waals surface area contributed by atoms with Crippen LogP contribution in [0.1, 0.15) is 25.0 Å². The van der Waals surface area contributed by atoms with Gasteiger partial charge in [-0.25, -0.2) is 0 Å². The van der Waals surface area contributed by atoms with E-state index in [4.69, 9.17) is 0 Å². The standard InChI is InChI=1S/C24H26N4O/c1-16(2)13-25-15-28(18-8-6-17(3)7-9-18)14-20-23-19-5-4-12-26-21(19)10-11-22(23)27-24(20)29/h4-12,14,16,25H,13,15H2,1-3H3,(H,27,29). The summed E-state index contributed by atoms with van der Waals surface area (Å²) in [5.41, 5.74) is 5.54. The number of aromatic nitrogens is 1.